The van der Waals surface area contributed by atoms with Crippen molar-refractivity contribution in [3.63, 3.8) is 0 Å². The van der Waals surface area contributed by atoms with Gasteiger partial charge in [0.05, 0.1) is 12.8 Å². The Bertz CT molecular complexity index is 808. The number of phenols is 1. The molecule has 0 spiro atoms. The third-order valence-electron chi connectivity index (χ3n) is 3.23. The van der Waals surface area contributed by atoms with Gasteiger partial charge in [0.25, 0.3) is 0 Å². The van der Waals surface area contributed by atoms with Gasteiger partial charge in [0.15, 0.2) is 0 Å². The lowest BCUT2D eigenvalue weighted by Gasteiger charge is -2.01. The molecule has 0 aliphatic rings. The summed E-state index contributed by atoms with van der Waals surface area (Å²) < 4.78 is 6.48. The predicted octanol–water partition coefficient (Wildman–Crippen LogP) is 2.42. The standard InChI is InChI=1S/C16H14N2O3/c1-21-16(20)14-6-3-7-15-17-12(10-18(14)15)8-11-4-2-5-13(19)9-11/h2-7,9-10,19H,8H2,1H3. The van der Waals surface area contributed by atoms with E-state index in [4.69, 9.17) is 4.74 Å². The van der Waals surface area contributed by atoms with Gasteiger partial charge in [-0.2, -0.15) is 0 Å². The zero-order chi connectivity index (χ0) is 14.8. The van der Waals surface area contributed by atoms with Crippen LogP contribution in [0.25, 0.3) is 5.65 Å². The molecule has 2 aromatic heterocycles. The second-order valence-electron chi connectivity index (χ2n) is 4.71. The molecule has 1 aromatic carbocycles. The highest BCUT2D eigenvalue weighted by atomic mass is 16.5. The van der Waals surface area contributed by atoms with Gasteiger partial charge < -0.3 is 9.84 Å². The Labute approximate surface area is 121 Å². The van der Waals surface area contributed by atoms with Crippen LogP contribution in [0.5, 0.6) is 5.75 Å². The predicted molar refractivity (Wildman–Crippen MR) is 77.4 cm³/mol. The van der Waals surface area contributed by atoms with Crippen molar-refractivity contribution in [2.45, 2.75) is 6.42 Å². The highest BCUT2D eigenvalue weighted by Gasteiger charge is 2.12. The van der Waals surface area contributed by atoms with Crippen LogP contribution in [-0.4, -0.2) is 27.6 Å². The number of ether oxygens (including phenoxy) is 1. The fraction of sp³-hybridized carbons (Fsp3) is 0.125. The Hall–Kier alpha value is -2.82. The number of aromatic hydroxyl groups is 1. The molecular formula is C16H14N2O3. The molecule has 0 aliphatic heterocycles. The fourth-order valence-corrected chi connectivity index (χ4v) is 2.29. The zero-order valence-corrected chi connectivity index (χ0v) is 11.5. The van der Waals surface area contributed by atoms with Gasteiger partial charge in [-0.1, -0.05) is 18.2 Å². The number of imidazole rings is 1. The maximum absolute atomic E-state index is 11.7. The number of benzene rings is 1. The molecule has 0 aliphatic carbocycles. The lowest BCUT2D eigenvalue weighted by atomic mass is 10.1. The molecule has 0 radical (unpaired) electrons. The summed E-state index contributed by atoms with van der Waals surface area (Å²) in [5.74, 6) is -0.173. The molecule has 2 heterocycles. The number of fused-ring (bicyclic) bond motifs is 1. The summed E-state index contributed by atoms with van der Waals surface area (Å²) in [5.41, 5.74) is 2.90. The molecule has 0 unspecified atom stereocenters. The highest BCUT2D eigenvalue weighted by Crippen LogP contribution is 2.16. The van der Waals surface area contributed by atoms with E-state index in [0.29, 0.717) is 17.8 Å². The number of methoxy groups -OCH3 is 1. The van der Waals surface area contributed by atoms with E-state index >= 15 is 0 Å². The van der Waals surface area contributed by atoms with E-state index < -0.39 is 5.97 Å². The average Bonchev–Trinajstić information content (AvgIpc) is 2.88. The van der Waals surface area contributed by atoms with Crippen LogP contribution >= 0.6 is 0 Å². The molecule has 21 heavy (non-hydrogen) atoms. The average molecular weight is 282 g/mol. The zero-order valence-electron chi connectivity index (χ0n) is 11.5. The van der Waals surface area contributed by atoms with Crippen LogP contribution in [0.2, 0.25) is 0 Å². The first-order chi connectivity index (χ1) is 10.2. The lowest BCUT2D eigenvalue weighted by molar-refractivity contribution is 0.0592. The Morgan fingerprint density at radius 2 is 2.10 bits per heavy atom. The number of hydrogen-bond acceptors (Lipinski definition) is 4. The van der Waals surface area contributed by atoms with Gasteiger partial charge in [-0.15, -0.1) is 0 Å². The second kappa shape index (κ2) is 5.28. The molecule has 0 saturated carbocycles. The van der Waals surface area contributed by atoms with Crippen molar-refractivity contribution < 1.29 is 14.6 Å². The van der Waals surface area contributed by atoms with E-state index in [1.54, 1.807) is 34.7 Å². The number of carbonyl (C=O) groups is 1. The lowest BCUT2D eigenvalue weighted by Crippen LogP contribution is -2.06. The Morgan fingerprint density at radius 3 is 2.86 bits per heavy atom. The van der Waals surface area contributed by atoms with E-state index in [9.17, 15) is 9.90 Å². The number of nitrogens with zero attached hydrogens (tertiary/aromatic N) is 2. The summed E-state index contributed by atoms with van der Waals surface area (Å²) in [7, 11) is 1.35. The smallest absolute Gasteiger partial charge is 0.355 e. The quantitative estimate of drug-likeness (QED) is 0.749. The van der Waals surface area contributed by atoms with E-state index in [1.165, 1.54) is 7.11 Å². The number of hydrogen-bond donors (Lipinski definition) is 1. The van der Waals surface area contributed by atoms with Crippen LogP contribution < -0.4 is 0 Å². The monoisotopic (exact) mass is 282 g/mol. The van der Waals surface area contributed by atoms with Crippen molar-refractivity contribution in [3.05, 3.63) is 65.6 Å². The molecule has 106 valence electrons. The molecule has 0 bridgehead atoms. The molecule has 5 heteroatoms. The van der Waals surface area contributed by atoms with Crippen molar-refractivity contribution in [2.24, 2.45) is 0 Å². The first-order valence-corrected chi connectivity index (χ1v) is 6.50. The van der Waals surface area contributed by atoms with Crippen molar-refractivity contribution in [2.75, 3.05) is 7.11 Å². The summed E-state index contributed by atoms with van der Waals surface area (Å²) in [6.45, 7) is 0. The van der Waals surface area contributed by atoms with Crippen molar-refractivity contribution in [1.82, 2.24) is 9.38 Å². The summed E-state index contributed by atoms with van der Waals surface area (Å²) >= 11 is 0. The van der Waals surface area contributed by atoms with Crippen LogP contribution in [0.4, 0.5) is 0 Å². The maximum atomic E-state index is 11.7. The van der Waals surface area contributed by atoms with Crippen molar-refractivity contribution in [1.29, 1.82) is 0 Å². The molecule has 0 saturated heterocycles. The summed E-state index contributed by atoms with van der Waals surface area (Å²) in [5, 5.41) is 9.49. The van der Waals surface area contributed by atoms with E-state index in [2.05, 4.69) is 4.98 Å². The number of rotatable bonds is 3. The van der Waals surface area contributed by atoms with Gasteiger partial charge in [0.2, 0.25) is 0 Å². The number of pyridine rings is 1. The summed E-state index contributed by atoms with van der Waals surface area (Å²) in [6, 6.07) is 12.3. The number of esters is 1. The van der Waals surface area contributed by atoms with Gasteiger partial charge in [0.1, 0.15) is 17.1 Å². The minimum absolute atomic E-state index is 0.228. The third kappa shape index (κ3) is 2.58. The van der Waals surface area contributed by atoms with Gasteiger partial charge in [-0.05, 0) is 29.8 Å². The van der Waals surface area contributed by atoms with Gasteiger partial charge in [-0.25, -0.2) is 9.78 Å². The molecular weight excluding hydrogens is 268 g/mol. The van der Waals surface area contributed by atoms with Crippen LogP contribution in [0, 0.1) is 0 Å². The SMILES string of the molecule is COC(=O)c1cccc2nc(Cc3cccc(O)c3)cn12. The Kier molecular flexibility index (Phi) is 3.31. The maximum Gasteiger partial charge on any atom is 0.355 e. The molecule has 3 aromatic rings. The molecule has 3 rings (SSSR count). The Morgan fingerprint density at radius 1 is 1.29 bits per heavy atom. The van der Waals surface area contributed by atoms with Crippen LogP contribution in [0.1, 0.15) is 21.7 Å². The van der Waals surface area contributed by atoms with E-state index in [0.717, 1.165) is 11.3 Å². The van der Waals surface area contributed by atoms with E-state index in [-0.39, 0.29) is 5.75 Å². The van der Waals surface area contributed by atoms with Gasteiger partial charge in [0, 0.05) is 12.6 Å². The van der Waals surface area contributed by atoms with Crippen LogP contribution in [0.3, 0.4) is 0 Å². The number of carbonyl (C=O) groups excluding carboxylic acids is 1. The first kappa shape index (κ1) is 13.2. The summed E-state index contributed by atoms with van der Waals surface area (Å²) in [4.78, 5) is 16.2. The first-order valence-electron chi connectivity index (χ1n) is 6.50. The normalized spacial score (nSPS) is 10.7. The fourth-order valence-electron chi connectivity index (χ4n) is 2.29. The largest absolute Gasteiger partial charge is 0.508 e. The topological polar surface area (TPSA) is 63.8 Å². The highest BCUT2D eigenvalue weighted by molar-refractivity contribution is 5.88. The minimum atomic E-state index is -0.401. The van der Waals surface area contributed by atoms with Crippen molar-refractivity contribution in [3.8, 4) is 5.75 Å². The molecule has 5 nitrogen and oxygen atoms in total. The van der Waals surface area contributed by atoms with E-state index in [1.807, 2.05) is 18.3 Å². The van der Waals surface area contributed by atoms with Gasteiger partial charge in [-0.3, -0.25) is 4.40 Å². The molecule has 0 amide bonds. The molecule has 0 atom stereocenters. The Balaban J connectivity index is 1.99. The van der Waals surface area contributed by atoms with Gasteiger partial charge >= 0.3 is 5.97 Å². The second-order valence-corrected chi connectivity index (χ2v) is 4.71. The summed E-state index contributed by atoms with van der Waals surface area (Å²) in [6.07, 6.45) is 2.39. The van der Waals surface area contributed by atoms with Crippen LogP contribution in [0.15, 0.2) is 48.7 Å². The third-order valence-corrected chi connectivity index (χ3v) is 3.23. The number of phenolic OH excluding ortho intramolecular Hbond substituents is 1. The number of aromatic nitrogens is 2. The van der Waals surface area contributed by atoms with Crippen LogP contribution in [-0.2, 0) is 11.2 Å². The molecule has 1 N–H and O–H groups in total. The van der Waals surface area contributed by atoms with Crippen molar-refractivity contribution >= 4 is 11.6 Å². The minimum Gasteiger partial charge on any atom is -0.508 e. The molecule has 0 fully saturated rings.